The summed E-state index contributed by atoms with van der Waals surface area (Å²) >= 11 is 2.80. The van der Waals surface area contributed by atoms with Gasteiger partial charge < -0.3 is 25.8 Å². The Hall–Kier alpha value is -4.64. The van der Waals surface area contributed by atoms with E-state index < -0.39 is 11.8 Å². The van der Waals surface area contributed by atoms with Gasteiger partial charge in [0.05, 0.1) is 35.6 Å². The normalized spacial score (nSPS) is 10.8. The van der Waals surface area contributed by atoms with E-state index in [2.05, 4.69) is 48.0 Å². The van der Waals surface area contributed by atoms with Crippen LogP contribution in [0.4, 0.5) is 20.5 Å². The number of anilines is 3. The summed E-state index contributed by atoms with van der Waals surface area (Å²) in [5.41, 5.74) is 3.04. The van der Waals surface area contributed by atoms with Crippen molar-refractivity contribution in [2.75, 3.05) is 30.8 Å². The number of carboxylic acid groups (broad SMARTS) is 1. The number of carbonyl (C=O) groups is 1. The summed E-state index contributed by atoms with van der Waals surface area (Å²) in [5, 5.41) is 28.8. The van der Waals surface area contributed by atoms with Crippen LogP contribution < -0.4 is 20.7 Å². The first-order valence-corrected chi connectivity index (χ1v) is 15.0. The SMILES string of the molecule is CNCC#Cc1ccc(OCCCc2sc(NCc3cc(C)c(Nc4nc5ccccc5s4)nn3)nc2C(=O)O)c(F)c1. The van der Waals surface area contributed by atoms with E-state index in [9.17, 15) is 14.3 Å². The molecule has 0 aliphatic rings. The molecule has 0 aliphatic heterocycles. The molecule has 43 heavy (non-hydrogen) atoms. The molecule has 2 aromatic carbocycles. The zero-order valence-electron chi connectivity index (χ0n) is 23.4. The number of hydrogen-bond acceptors (Lipinski definition) is 11. The Morgan fingerprint density at radius 3 is 2.72 bits per heavy atom. The first-order chi connectivity index (χ1) is 20.9. The Morgan fingerprint density at radius 2 is 1.95 bits per heavy atom. The molecule has 5 aromatic rings. The number of benzene rings is 2. The van der Waals surface area contributed by atoms with Crippen LogP contribution in [0.25, 0.3) is 10.2 Å². The van der Waals surface area contributed by atoms with E-state index in [1.165, 1.54) is 17.4 Å². The van der Waals surface area contributed by atoms with Crippen LogP contribution in [0.3, 0.4) is 0 Å². The van der Waals surface area contributed by atoms with Crippen LogP contribution in [-0.2, 0) is 13.0 Å². The first kappa shape index (κ1) is 29.8. The molecule has 0 amide bonds. The molecule has 4 N–H and O–H groups in total. The molecule has 13 heteroatoms. The number of thiazole rings is 2. The molecule has 0 aliphatic carbocycles. The van der Waals surface area contributed by atoms with E-state index in [1.807, 2.05) is 37.3 Å². The van der Waals surface area contributed by atoms with Gasteiger partial charge in [-0.05, 0) is 68.8 Å². The van der Waals surface area contributed by atoms with Gasteiger partial charge in [-0.15, -0.1) is 16.4 Å². The van der Waals surface area contributed by atoms with Crippen LogP contribution in [0.1, 0.15) is 38.6 Å². The Morgan fingerprint density at radius 1 is 1.09 bits per heavy atom. The zero-order chi connectivity index (χ0) is 30.2. The maximum absolute atomic E-state index is 14.4. The third-order valence-corrected chi connectivity index (χ3v) is 8.14. The monoisotopic (exact) mass is 617 g/mol. The molecule has 5 rings (SSSR count). The van der Waals surface area contributed by atoms with Gasteiger partial charge in [0.15, 0.2) is 33.3 Å². The van der Waals surface area contributed by atoms with Gasteiger partial charge in [-0.3, -0.25) is 0 Å². The van der Waals surface area contributed by atoms with E-state index in [4.69, 9.17) is 4.74 Å². The molecule has 0 saturated heterocycles. The maximum atomic E-state index is 14.4. The number of ether oxygens (including phenoxy) is 1. The van der Waals surface area contributed by atoms with Crippen molar-refractivity contribution in [3.63, 3.8) is 0 Å². The third-order valence-electron chi connectivity index (χ3n) is 6.11. The minimum atomic E-state index is -1.11. The number of aryl methyl sites for hydroxylation is 2. The lowest BCUT2D eigenvalue weighted by molar-refractivity contribution is 0.0690. The second kappa shape index (κ2) is 14.0. The summed E-state index contributed by atoms with van der Waals surface area (Å²) in [7, 11) is 1.79. The molecule has 0 saturated carbocycles. The molecule has 0 unspecified atom stereocenters. The number of carboxylic acids is 1. The number of halogens is 1. The van der Waals surface area contributed by atoms with Crippen molar-refractivity contribution in [2.45, 2.75) is 26.3 Å². The smallest absolute Gasteiger partial charge is 0.355 e. The predicted molar refractivity (Wildman–Crippen MR) is 167 cm³/mol. The van der Waals surface area contributed by atoms with E-state index in [1.54, 1.807) is 30.5 Å². The van der Waals surface area contributed by atoms with Gasteiger partial charge in [0.1, 0.15) is 0 Å². The number of para-hydroxylation sites is 1. The molecule has 0 atom stereocenters. The average molecular weight is 618 g/mol. The van der Waals surface area contributed by atoms with Gasteiger partial charge >= 0.3 is 5.97 Å². The minimum Gasteiger partial charge on any atom is -0.491 e. The van der Waals surface area contributed by atoms with Crippen molar-refractivity contribution in [1.29, 1.82) is 0 Å². The summed E-state index contributed by atoms with van der Waals surface area (Å²) < 4.78 is 21.0. The predicted octanol–water partition coefficient (Wildman–Crippen LogP) is 5.63. The Balaban J connectivity index is 1.14. The highest BCUT2D eigenvalue weighted by Crippen LogP contribution is 2.29. The Bertz CT molecular complexity index is 1780. The van der Waals surface area contributed by atoms with Gasteiger partial charge in [-0.2, -0.15) is 5.10 Å². The number of rotatable bonds is 12. The van der Waals surface area contributed by atoms with Crippen molar-refractivity contribution in [3.05, 3.63) is 81.7 Å². The van der Waals surface area contributed by atoms with Crippen LogP contribution in [0.15, 0.2) is 48.5 Å². The molecular weight excluding hydrogens is 590 g/mol. The topological polar surface area (TPSA) is 134 Å². The standard InChI is InChI=1S/C30H28FN7O3S2/c1-18-15-20(37-38-27(18)36-30-34-22-8-3-4-9-24(22)42-30)17-33-29-35-26(28(39)40)25(43-29)10-6-14-41-23-12-11-19(16-21(23)31)7-5-13-32-2/h3-4,8-9,11-12,15-16,32H,6,10,13-14,17H2,1-2H3,(H,33,35)(H,39,40)(H,34,36,38). The second-order valence-corrected chi connectivity index (χ2v) is 11.5. The van der Waals surface area contributed by atoms with Gasteiger partial charge in [-0.25, -0.2) is 19.2 Å². The van der Waals surface area contributed by atoms with Crippen LogP contribution >= 0.6 is 22.7 Å². The van der Waals surface area contributed by atoms with Gasteiger partial charge in [0.25, 0.3) is 0 Å². The van der Waals surface area contributed by atoms with Crippen molar-refractivity contribution >= 4 is 54.9 Å². The quantitative estimate of drug-likeness (QED) is 0.103. The average Bonchev–Trinajstić information content (AvgIpc) is 3.60. The van der Waals surface area contributed by atoms with Crippen molar-refractivity contribution in [1.82, 2.24) is 25.5 Å². The molecular formula is C30H28FN7O3S2. The van der Waals surface area contributed by atoms with Gasteiger partial charge in [-0.1, -0.05) is 35.3 Å². The maximum Gasteiger partial charge on any atom is 0.355 e. The Labute approximate surface area is 255 Å². The number of nitrogens with one attached hydrogen (secondary N) is 3. The fourth-order valence-electron chi connectivity index (χ4n) is 4.05. The highest BCUT2D eigenvalue weighted by molar-refractivity contribution is 7.22. The summed E-state index contributed by atoms with van der Waals surface area (Å²) in [6.07, 6.45) is 0.903. The third kappa shape index (κ3) is 7.81. The Kier molecular flexibility index (Phi) is 9.73. The van der Waals surface area contributed by atoms with Crippen LogP contribution in [0, 0.1) is 24.6 Å². The van der Waals surface area contributed by atoms with E-state index in [0.717, 1.165) is 20.9 Å². The lowest BCUT2D eigenvalue weighted by atomic mass is 10.2. The molecule has 3 heterocycles. The molecule has 0 spiro atoms. The van der Waals surface area contributed by atoms with Gasteiger partial charge in [0.2, 0.25) is 0 Å². The fraction of sp³-hybridized carbons (Fsp3) is 0.233. The number of fused-ring (bicyclic) bond motifs is 1. The van der Waals surface area contributed by atoms with E-state index in [-0.39, 0.29) is 18.1 Å². The summed E-state index contributed by atoms with van der Waals surface area (Å²) in [4.78, 5) is 21.2. The number of hydrogen-bond donors (Lipinski definition) is 4. The van der Waals surface area contributed by atoms with Gasteiger partial charge in [0, 0.05) is 10.4 Å². The largest absolute Gasteiger partial charge is 0.491 e. The van der Waals surface area contributed by atoms with Crippen molar-refractivity contribution < 1.29 is 19.0 Å². The summed E-state index contributed by atoms with van der Waals surface area (Å²) in [6.45, 7) is 2.98. The number of aromatic nitrogens is 4. The number of nitrogens with zero attached hydrogens (tertiary/aromatic N) is 4. The molecule has 0 bridgehead atoms. The zero-order valence-corrected chi connectivity index (χ0v) is 25.0. The van der Waals surface area contributed by atoms with Crippen molar-refractivity contribution in [3.8, 4) is 17.6 Å². The fourth-order valence-corrected chi connectivity index (χ4v) is 5.91. The van der Waals surface area contributed by atoms with Crippen LogP contribution in [-0.4, -0.2) is 51.4 Å². The van der Waals surface area contributed by atoms with E-state index in [0.29, 0.717) is 53.0 Å². The highest BCUT2D eigenvalue weighted by Gasteiger charge is 2.18. The summed E-state index contributed by atoms with van der Waals surface area (Å²) in [5.74, 6) is 4.89. The second-order valence-electron chi connectivity index (χ2n) is 9.36. The lowest BCUT2D eigenvalue weighted by Gasteiger charge is -2.07. The highest BCUT2D eigenvalue weighted by atomic mass is 32.1. The number of aromatic carboxylic acids is 1. The molecule has 10 nitrogen and oxygen atoms in total. The molecule has 220 valence electrons. The summed E-state index contributed by atoms with van der Waals surface area (Å²) in [6, 6.07) is 14.4. The molecule has 0 radical (unpaired) electrons. The first-order valence-electron chi connectivity index (χ1n) is 13.4. The lowest BCUT2D eigenvalue weighted by Crippen LogP contribution is -2.06. The minimum absolute atomic E-state index is 0.0131. The van der Waals surface area contributed by atoms with Crippen LogP contribution in [0.5, 0.6) is 5.75 Å². The molecule has 3 aromatic heterocycles. The molecule has 0 fully saturated rings. The van der Waals surface area contributed by atoms with Crippen molar-refractivity contribution in [2.24, 2.45) is 0 Å². The van der Waals surface area contributed by atoms with E-state index >= 15 is 0 Å². The van der Waals surface area contributed by atoms with Crippen LogP contribution in [0.2, 0.25) is 0 Å².